The second kappa shape index (κ2) is 9.81. The number of hydrogen-bond donors (Lipinski definition) is 1. The van der Waals surface area contributed by atoms with Gasteiger partial charge in [-0.25, -0.2) is 5.43 Å². The molecule has 1 heterocycles. The van der Waals surface area contributed by atoms with Crippen LogP contribution in [0.15, 0.2) is 59.7 Å². The van der Waals surface area contributed by atoms with Crippen molar-refractivity contribution in [2.75, 3.05) is 0 Å². The zero-order valence-electron chi connectivity index (χ0n) is 18.3. The van der Waals surface area contributed by atoms with Crippen LogP contribution in [0.4, 0.5) is 0 Å². The minimum absolute atomic E-state index is 0.0878. The number of benzene rings is 2. The number of nitrogens with one attached hydrogen (secondary N) is 1. The minimum atomic E-state index is -0.176. The summed E-state index contributed by atoms with van der Waals surface area (Å²) in [4.78, 5) is 12.4. The van der Waals surface area contributed by atoms with E-state index in [1.165, 1.54) is 16.7 Å². The summed E-state index contributed by atoms with van der Waals surface area (Å²) in [6.45, 7) is 10.3. The fraction of sp³-hybridized carbons (Fsp3) is 0.280. The first-order chi connectivity index (χ1) is 14.4. The first-order valence-electron chi connectivity index (χ1n) is 10.1. The highest BCUT2D eigenvalue weighted by Gasteiger charge is 2.13. The molecule has 4 nitrogen and oxygen atoms in total. The van der Waals surface area contributed by atoms with Crippen LogP contribution in [0.25, 0.3) is 5.69 Å². The van der Waals surface area contributed by atoms with Gasteiger partial charge in [0.1, 0.15) is 0 Å². The van der Waals surface area contributed by atoms with E-state index < -0.39 is 0 Å². The number of thioether (sulfide) groups is 1. The molecule has 0 saturated heterocycles. The van der Waals surface area contributed by atoms with Gasteiger partial charge in [0, 0.05) is 28.4 Å². The number of hydrazone groups is 1. The van der Waals surface area contributed by atoms with E-state index in [4.69, 9.17) is 0 Å². The van der Waals surface area contributed by atoms with Crippen LogP contribution in [0.1, 0.15) is 40.6 Å². The van der Waals surface area contributed by atoms with Gasteiger partial charge in [0.15, 0.2) is 0 Å². The average molecular weight is 420 g/mol. The Balaban J connectivity index is 1.63. The summed E-state index contributed by atoms with van der Waals surface area (Å²) >= 11 is 1.60. The zero-order chi connectivity index (χ0) is 21.7. The van der Waals surface area contributed by atoms with Crippen LogP contribution in [0.3, 0.4) is 0 Å². The largest absolute Gasteiger partial charge is 0.318 e. The van der Waals surface area contributed by atoms with E-state index in [-0.39, 0.29) is 11.2 Å². The Bertz CT molecular complexity index is 1050. The molecule has 0 aliphatic rings. The number of aromatic nitrogens is 1. The summed E-state index contributed by atoms with van der Waals surface area (Å²) < 4.78 is 2.22. The number of rotatable bonds is 7. The quantitative estimate of drug-likeness (QED) is 0.407. The van der Waals surface area contributed by atoms with Gasteiger partial charge in [0.25, 0.3) is 5.91 Å². The second-order valence-corrected chi connectivity index (χ2v) is 8.93. The molecule has 0 spiro atoms. The van der Waals surface area contributed by atoms with E-state index in [0.717, 1.165) is 28.4 Å². The smallest absolute Gasteiger partial charge is 0.252 e. The van der Waals surface area contributed by atoms with Gasteiger partial charge in [0.05, 0.1) is 11.5 Å². The van der Waals surface area contributed by atoms with Crippen molar-refractivity contribution in [2.24, 2.45) is 5.10 Å². The molecule has 5 heteroatoms. The van der Waals surface area contributed by atoms with Gasteiger partial charge in [-0.1, -0.05) is 36.4 Å². The molecule has 3 rings (SSSR count). The van der Waals surface area contributed by atoms with E-state index in [9.17, 15) is 4.79 Å². The minimum Gasteiger partial charge on any atom is -0.318 e. The average Bonchev–Trinajstić information content (AvgIpc) is 3.02. The van der Waals surface area contributed by atoms with Gasteiger partial charge in [-0.15, -0.1) is 11.8 Å². The van der Waals surface area contributed by atoms with Crippen molar-refractivity contribution in [3.8, 4) is 5.69 Å². The van der Waals surface area contributed by atoms with Gasteiger partial charge < -0.3 is 4.57 Å². The highest BCUT2D eigenvalue weighted by Crippen LogP contribution is 2.22. The standard InChI is InChI=1S/C25H29N3OS/c1-17-11-12-24(13-18(17)2)28-19(3)14-23(20(28)4)15-26-27-25(29)21(5)30-16-22-9-7-6-8-10-22/h6-15,21H,16H2,1-5H3,(H,27,29)/b26-15-/t21-/m1/s1. The third kappa shape index (κ3) is 5.22. The van der Waals surface area contributed by atoms with E-state index in [1.54, 1.807) is 18.0 Å². The van der Waals surface area contributed by atoms with Gasteiger partial charge >= 0.3 is 0 Å². The molecular weight excluding hydrogens is 390 g/mol. The first kappa shape index (κ1) is 21.9. The van der Waals surface area contributed by atoms with Crippen LogP contribution >= 0.6 is 11.8 Å². The van der Waals surface area contributed by atoms with Crippen LogP contribution in [-0.2, 0) is 10.5 Å². The summed E-state index contributed by atoms with van der Waals surface area (Å²) in [5.74, 6) is 0.714. The predicted molar refractivity (Wildman–Crippen MR) is 128 cm³/mol. The Morgan fingerprint density at radius 1 is 1.07 bits per heavy atom. The number of aryl methyl sites for hydroxylation is 3. The number of carbonyl (C=O) groups is 1. The maximum absolute atomic E-state index is 12.4. The van der Waals surface area contributed by atoms with Crippen LogP contribution in [0, 0.1) is 27.7 Å². The molecule has 0 aliphatic heterocycles. The number of nitrogens with zero attached hydrogens (tertiary/aromatic N) is 2. The van der Waals surface area contributed by atoms with Crippen LogP contribution in [0.2, 0.25) is 0 Å². The lowest BCUT2D eigenvalue weighted by Crippen LogP contribution is -2.27. The fourth-order valence-corrected chi connectivity index (χ4v) is 4.15. The number of amides is 1. The highest BCUT2D eigenvalue weighted by atomic mass is 32.2. The summed E-state index contributed by atoms with van der Waals surface area (Å²) in [5.41, 5.74) is 10.8. The molecule has 1 amide bonds. The summed E-state index contributed by atoms with van der Waals surface area (Å²) in [7, 11) is 0. The molecule has 0 radical (unpaired) electrons. The van der Waals surface area contributed by atoms with Crippen molar-refractivity contribution < 1.29 is 4.79 Å². The van der Waals surface area contributed by atoms with E-state index in [0.29, 0.717) is 0 Å². The van der Waals surface area contributed by atoms with Gasteiger partial charge in [0.2, 0.25) is 0 Å². The van der Waals surface area contributed by atoms with Gasteiger partial charge in [-0.3, -0.25) is 4.79 Å². The van der Waals surface area contributed by atoms with Crippen molar-refractivity contribution >= 4 is 23.9 Å². The molecule has 1 N–H and O–H groups in total. The lowest BCUT2D eigenvalue weighted by atomic mass is 10.1. The van der Waals surface area contributed by atoms with Crippen molar-refractivity contribution in [1.82, 2.24) is 9.99 Å². The van der Waals surface area contributed by atoms with Crippen LogP contribution in [-0.4, -0.2) is 21.9 Å². The molecule has 1 aromatic heterocycles. The normalized spacial score (nSPS) is 12.3. The molecule has 0 bridgehead atoms. The Morgan fingerprint density at radius 3 is 2.50 bits per heavy atom. The molecule has 1 atom stereocenters. The molecule has 0 aliphatic carbocycles. The van der Waals surface area contributed by atoms with Crippen molar-refractivity contribution in [3.63, 3.8) is 0 Å². The molecular formula is C25H29N3OS. The van der Waals surface area contributed by atoms with Gasteiger partial charge in [-0.2, -0.15) is 5.10 Å². The van der Waals surface area contributed by atoms with Crippen molar-refractivity contribution in [2.45, 2.75) is 45.6 Å². The van der Waals surface area contributed by atoms with E-state index >= 15 is 0 Å². The van der Waals surface area contributed by atoms with Crippen molar-refractivity contribution in [1.29, 1.82) is 0 Å². The maximum atomic E-state index is 12.4. The third-order valence-electron chi connectivity index (χ3n) is 5.31. The predicted octanol–water partition coefficient (Wildman–Crippen LogP) is 5.48. The van der Waals surface area contributed by atoms with Crippen LogP contribution in [0.5, 0.6) is 0 Å². The Kier molecular flexibility index (Phi) is 7.16. The molecule has 0 saturated carbocycles. The molecule has 156 valence electrons. The zero-order valence-corrected chi connectivity index (χ0v) is 19.1. The first-order valence-corrected chi connectivity index (χ1v) is 11.2. The summed E-state index contributed by atoms with van der Waals surface area (Å²) in [6.07, 6.45) is 1.73. The third-order valence-corrected chi connectivity index (χ3v) is 6.52. The number of hydrogen-bond acceptors (Lipinski definition) is 3. The van der Waals surface area contributed by atoms with E-state index in [2.05, 4.69) is 79.2 Å². The summed E-state index contributed by atoms with van der Waals surface area (Å²) in [5, 5.41) is 4.03. The van der Waals surface area contributed by atoms with Crippen LogP contribution < -0.4 is 5.43 Å². The summed E-state index contributed by atoms with van der Waals surface area (Å²) in [6, 6.07) is 18.7. The highest BCUT2D eigenvalue weighted by molar-refractivity contribution is 7.99. The second-order valence-electron chi connectivity index (χ2n) is 7.60. The van der Waals surface area contributed by atoms with Crippen molar-refractivity contribution in [3.05, 3.63) is 88.2 Å². The Hall–Kier alpha value is -2.79. The lowest BCUT2D eigenvalue weighted by Gasteiger charge is -2.11. The molecule has 0 unspecified atom stereocenters. The topological polar surface area (TPSA) is 46.4 Å². The molecule has 30 heavy (non-hydrogen) atoms. The van der Waals surface area contributed by atoms with Gasteiger partial charge in [-0.05, 0) is 69.5 Å². The fourth-order valence-electron chi connectivity index (χ4n) is 3.31. The Morgan fingerprint density at radius 2 is 1.80 bits per heavy atom. The maximum Gasteiger partial charge on any atom is 0.252 e. The SMILES string of the molecule is Cc1ccc(-n2c(C)cc(/C=N\NC(=O)[C@@H](C)SCc3ccccc3)c2C)cc1C. The number of carbonyl (C=O) groups excluding carboxylic acids is 1. The molecule has 3 aromatic rings. The molecule has 2 aromatic carbocycles. The monoisotopic (exact) mass is 419 g/mol. The molecule has 0 fully saturated rings. The lowest BCUT2D eigenvalue weighted by molar-refractivity contribution is -0.120. The Labute approximate surface area is 183 Å². The van der Waals surface area contributed by atoms with E-state index in [1.807, 2.05) is 25.1 Å².